The smallest absolute Gasteiger partial charge is 0.124 e. The van der Waals surface area contributed by atoms with Gasteiger partial charge in [-0.05, 0) is 37.6 Å². The van der Waals surface area contributed by atoms with Gasteiger partial charge in [0.2, 0.25) is 0 Å². The van der Waals surface area contributed by atoms with E-state index in [9.17, 15) is 4.39 Å². The molecule has 1 fully saturated rings. The number of nitrogens with zero attached hydrogens (tertiary/aromatic N) is 2. The summed E-state index contributed by atoms with van der Waals surface area (Å²) in [5, 5.41) is 8.71. The number of aromatic nitrogens is 2. The summed E-state index contributed by atoms with van der Waals surface area (Å²) >= 11 is 0. The van der Waals surface area contributed by atoms with Crippen LogP contribution in [0.1, 0.15) is 19.3 Å². The van der Waals surface area contributed by atoms with Crippen LogP contribution in [0, 0.1) is 5.82 Å². The third-order valence-corrected chi connectivity index (χ3v) is 3.41. The Morgan fingerprint density at radius 1 is 1.41 bits per heavy atom. The van der Waals surface area contributed by atoms with Crippen molar-refractivity contribution in [2.45, 2.75) is 31.8 Å². The molecule has 0 saturated carbocycles. The summed E-state index contributed by atoms with van der Waals surface area (Å²) < 4.78 is 15.0. The third-order valence-electron chi connectivity index (χ3n) is 3.41. The average molecular weight is 233 g/mol. The summed E-state index contributed by atoms with van der Waals surface area (Å²) in [7, 11) is 0. The lowest BCUT2D eigenvalue weighted by atomic mass is 10.1. The quantitative estimate of drug-likeness (QED) is 0.862. The first-order valence-corrected chi connectivity index (χ1v) is 6.17. The fraction of sp³-hybridized carbons (Fsp3) is 0.462. The second kappa shape index (κ2) is 4.45. The van der Waals surface area contributed by atoms with Crippen molar-refractivity contribution < 1.29 is 4.39 Å². The van der Waals surface area contributed by atoms with Crippen molar-refractivity contribution in [1.82, 2.24) is 15.1 Å². The highest BCUT2D eigenvalue weighted by Gasteiger charge is 2.14. The Morgan fingerprint density at radius 2 is 2.35 bits per heavy atom. The first kappa shape index (κ1) is 10.7. The molecular formula is C13H16FN3. The van der Waals surface area contributed by atoms with E-state index in [-0.39, 0.29) is 5.82 Å². The fourth-order valence-corrected chi connectivity index (χ4v) is 2.49. The molecule has 1 unspecified atom stereocenters. The van der Waals surface area contributed by atoms with Gasteiger partial charge >= 0.3 is 0 Å². The van der Waals surface area contributed by atoms with E-state index in [1.54, 1.807) is 12.3 Å². The first-order valence-electron chi connectivity index (χ1n) is 6.17. The lowest BCUT2D eigenvalue weighted by Gasteiger charge is -2.23. The molecule has 1 aliphatic heterocycles. The van der Waals surface area contributed by atoms with Crippen LogP contribution in [0.15, 0.2) is 24.4 Å². The van der Waals surface area contributed by atoms with E-state index in [4.69, 9.17) is 0 Å². The van der Waals surface area contributed by atoms with Crippen LogP contribution in [0.25, 0.3) is 10.9 Å². The van der Waals surface area contributed by atoms with Gasteiger partial charge in [-0.3, -0.25) is 4.68 Å². The monoisotopic (exact) mass is 233 g/mol. The number of fused-ring (bicyclic) bond motifs is 1. The summed E-state index contributed by atoms with van der Waals surface area (Å²) in [6, 6.07) is 5.33. The van der Waals surface area contributed by atoms with Gasteiger partial charge in [0, 0.05) is 11.4 Å². The minimum atomic E-state index is -0.201. The molecule has 1 aromatic heterocycles. The molecule has 90 valence electrons. The first-order chi connectivity index (χ1) is 8.33. The topological polar surface area (TPSA) is 29.9 Å². The van der Waals surface area contributed by atoms with Crippen LogP contribution in [0.5, 0.6) is 0 Å². The molecule has 0 aliphatic carbocycles. The van der Waals surface area contributed by atoms with Gasteiger partial charge < -0.3 is 5.32 Å². The van der Waals surface area contributed by atoms with Gasteiger partial charge in [0.15, 0.2) is 0 Å². The number of nitrogens with one attached hydrogen (secondary N) is 1. The SMILES string of the molecule is Fc1ccc2c(cnn2CC2CCCCN2)c1. The summed E-state index contributed by atoms with van der Waals surface area (Å²) in [5.41, 5.74) is 1.01. The fourth-order valence-electron chi connectivity index (χ4n) is 2.49. The Bertz CT molecular complexity index is 514. The molecule has 17 heavy (non-hydrogen) atoms. The van der Waals surface area contributed by atoms with Crippen LogP contribution >= 0.6 is 0 Å². The van der Waals surface area contributed by atoms with E-state index in [1.165, 1.54) is 31.4 Å². The van der Waals surface area contributed by atoms with E-state index in [0.717, 1.165) is 24.0 Å². The molecule has 1 aliphatic rings. The number of hydrogen-bond donors (Lipinski definition) is 1. The molecule has 1 aromatic carbocycles. The summed E-state index contributed by atoms with van der Waals surface area (Å²) in [5.74, 6) is -0.201. The third kappa shape index (κ3) is 2.17. The van der Waals surface area contributed by atoms with E-state index in [1.807, 2.05) is 4.68 Å². The second-order valence-corrected chi connectivity index (χ2v) is 4.68. The van der Waals surface area contributed by atoms with Gasteiger partial charge in [-0.25, -0.2) is 4.39 Å². The molecule has 0 radical (unpaired) electrons. The Morgan fingerprint density at radius 3 is 3.18 bits per heavy atom. The summed E-state index contributed by atoms with van der Waals surface area (Å²) in [4.78, 5) is 0. The highest BCUT2D eigenvalue weighted by atomic mass is 19.1. The zero-order chi connectivity index (χ0) is 11.7. The maximum Gasteiger partial charge on any atom is 0.124 e. The van der Waals surface area contributed by atoms with Crippen molar-refractivity contribution in [1.29, 1.82) is 0 Å². The molecule has 2 heterocycles. The lowest BCUT2D eigenvalue weighted by Crippen LogP contribution is -2.37. The Kier molecular flexibility index (Phi) is 2.81. The highest BCUT2D eigenvalue weighted by molar-refractivity contribution is 5.78. The summed E-state index contributed by atoms with van der Waals surface area (Å²) in [6.07, 6.45) is 5.48. The molecular weight excluding hydrogens is 217 g/mol. The van der Waals surface area contributed by atoms with Crippen molar-refractivity contribution in [2.24, 2.45) is 0 Å². The molecule has 3 rings (SSSR count). The van der Waals surface area contributed by atoms with Crippen LogP contribution in [0.3, 0.4) is 0 Å². The Labute approximate surface area is 99.6 Å². The molecule has 1 N–H and O–H groups in total. The molecule has 1 atom stereocenters. The van der Waals surface area contributed by atoms with Gasteiger partial charge in [0.05, 0.1) is 18.3 Å². The number of hydrogen-bond acceptors (Lipinski definition) is 2. The summed E-state index contributed by atoms with van der Waals surface area (Å²) in [6.45, 7) is 1.97. The van der Waals surface area contributed by atoms with Gasteiger partial charge in [-0.2, -0.15) is 5.10 Å². The average Bonchev–Trinajstić information content (AvgIpc) is 2.73. The predicted octanol–water partition coefficient (Wildman–Crippen LogP) is 2.32. The molecule has 4 heteroatoms. The van der Waals surface area contributed by atoms with Crippen LogP contribution in [0.4, 0.5) is 4.39 Å². The minimum Gasteiger partial charge on any atom is -0.312 e. The van der Waals surface area contributed by atoms with E-state index >= 15 is 0 Å². The van der Waals surface area contributed by atoms with Gasteiger partial charge in [-0.1, -0.05) is 6.42 Å². The van der Waals surface area contributed by atoms with Crippen LogP contribution < -0.4 is 5.32 Å². The van der Waals surface area contributed by atoms with Gasteiger partial charge in [0.25, 0.3) is 0 Å². The lowest BCUT2D eigenvalue weighted by molar-refractivity contribution is 0.355. The number of benzene rings is 1. The van der Waals surface area contributed by atoms with Crippen molar-refractivity contribution >= 4 is 10.9 Å². The van der Waals surface area contributed by atoms with Crippen LogP contribution in [0.2, 0.25) is 0 Å². The predicted molar refractivity (Wildman–Crippen MR) is 65.3 cm³/mol. The van der Waals surface area contributed by atoms with Gasteiger partial charge in [0.1, 0.15) is 5.82 Å². The van der Waals surface area contributed by atoms with Crippen molar-refractivity contribution in [3.8, 4) is 0 Å². The zero-order valence-electron chi connectivity index (χ0n) is 9.69. The van der Waals surface area contributed by atoms with Gasteiger partial charge in [-0.15, -0.1) is 0 Å². The number of rotatable bonds is 2. The maximum atomic E-state index is 13.1. The molecule has 0 bridgehead atoms. The van der Waals surface area contributed by atoms with Crippen molar-refractivity contribution in [2.75, 3.05) is 6.54 Å². The van der Waals surface area contributed by atoms with E-state index < -0.39 is 0 Å². The molecule has 3 nitrogen and oxygen atoms in total. The normalized spacial score (nSPS) is 20.9. The van der Waals surface area contributed by atoms with Crippen molar-refractivity contribution in [3.05, 3.63) is 30.2 Å². The molecule has 0 spiro atoms. The molecule has 0 amide bonds. The molecule has 1 saturated heterocycles. The number of piperidine rings is 1. The molecule has 2 aromatic rings. The minimum absolute atomic E-state index is 0.201. The Balaban J connectivity index is 1.84. The van der Waals surface area contributed by atoms with Crippen LogP contribution in [-0.2, 0) is 6.54 Å². The van der Waals surface area contributed by atoms with E-state index in [2.05, 4.69) is 10.4 Å². The van der Waals surface area contributed by atoms with Crippen LogP contribution in [-0.4, -0.2) is 22.4 Å². The standard InChI is InChI=1S/C13H16FN3/c14-11-4-5-13-10(7-11)8-16-17(13)9-12-3-1-2-6-15-12/h4-5,7-8,12,15H,1-3,6,9H2. The Hall–Kier alpha value is -1.42. The largest absolute Gasteiger partial charge is 0.312 e. The van der Waals surface area contributed by atoms with E-state index in [0.29, 0.717) is 6.04 Å². The second-order valence-electron chi connectivity index (χ2n) is 4.68. The highest BCUT2D eigenvalue weighted by Crippen LogP contribution is 2.17. The van der Waals surface area contributed by atoms with Crippen molar-refractivity contribution in [3.63, 3.8) is 0 Å². The zero-order valence-corrected chi connectivity index (χ0v) is 9.69. The maximum absolute atomic E-state index is 13.1. The number of halogens is 1.